The number of hydrogen-bond acceptors (Lipinski definition) is 21. The zero-order valence-corrected chi connectivity index (χ0v) is 54.9. The largest absolute Gasteiger partial charge is 0.494 e. The third-order valence-electron chi connectivity index (χ3n) is 15.4. The number of esters is 3. The standard InChI is InChI=1S/C61H92N14O15S/c1-11-21-72-23-25-73(27-28-75(40-54(79)88-9)30-29-74(26-24-72)39-53(78)87-8)38-52(77)67-48(13-3)59(83)68-47(12-2)58(82)63-19-18-62-51(76)15-14-31-90-44-32-41(4)56(42(5)33-44)91(85,86)69-49(60(84)89-10)36-65-57(81)46-37-71(7)50-34-43(16-17-45(50)55(46)80)35-66-61-64-20-22-70(61)6/h16-17,20,22,32-34,37,47-49,69H,11-15,18-19,21,23-31,35-36,38-40H2,1-10H3,(H,62,76)(H,63,82)(H,64,66)(H,65,81)(H,67,77)(H,68,83)/t47-,48-,49?/m0/s1. The highest BCUT2D eigenvalue weighted by Crippen LogP contribution is 2.27. The Morgan fingerprint density at radius 2 is 1.25 bits per heavy atom. The Bertz CT molecular complexity index is 3300. The SMILES string of the molecule is CCCN1CCN(CC(=O)N[C@@H](CC)C(=O)N[C@@H](CC)C(=O)NCCNC(=O)CCCOc2cc(C)c(S(=O)(=O)NC(CNC(=O)c3cn(C)c4cc(CNc5nccn5C)ccc4c3=O)C(=O)OC)c(C)c2)CCN(CC(=O)OC)CCN(CC(=O)OC)CC1. The molecule has 502 valence electrons. The Labute approximate surface area is 532 Å². The highest BCUT2D eigenvalue weighted by atomic mass is 32.2. The number of methoxy groups -OCH3 is 3. The Morgan fingerprint density at radius 3 is 1.81 bits per heavy atom. The lowest BCUT2D eigenvalue weighted by atomic mass is 10.1. The number of imidazole rings is 1. The molecule has 29 nitrogen and oxygen atoms in total. The molecule has 91 heavy (non-hydrogen) atoms. The molecule has 1 unspecified atom stereocenters. The molecule has 3 heterocycles. The summed E-state index contributed by atoms with van der Waals surface area (Å²) < 4.78 is 54.2. The number of nitrogens with one attached hydrogen (secondary N) is 7. The van der Waals surface area contributed by atoms with E-state index in [0.717, 1.165) is 25.6 Å². The van der Waals surface area contributed by atoms with Crippen LogP contribution in [0.4, 0.5) is 5.95 Å². The first kappa shape index (κ1) is 73.7. The van der Waals surface area contributed by atoms with Crippen LogP contribution in [-0.4, -0.2) is 234 Å². The summed E-state index contributed by atoms with van der Waals surface area (Å²) in [4.78, 5) is 130. The number of carbonyl (C=O) groups excluding carboxylic acids is 8. The van der Waals surface area contributed by atoms with Gasteiger partial charge in [0, 0.05) is 123 Å². The maximum Gasteiger partial charge on any atom is 0.325 e. The smallest absolute Gasteiger partial charge is 0.325 e. The van der Waals surface area contributed by atoms with Crippen LogP contribution < -0.4 is 46.8 Å². The van der Waals surface area contributed by atoms with E-state index in [4.69, 9.17) is 18.9 Å². The maximum atomic E-state index is 13.9. The van der Waals surface area contributed by atoms with Gasteiger partial charge in [-0.2, -0.15) is 4.72 Å². The molecule has 5 amide bonds. The molecule has 2 aromatic heterocycles. The van der Waals surface area contributed by atoms with E-state index in [-0.39, 0.29) is 110 Å². The molecule has 1 aliphatic rings. The van der Waals surface area contributed by atoms with Gasteiger partial charge in [0.05, 0.1) is 58.0 Å². The first-order valence-corrected chi connectivity index (χ1v) is 32.1. The van der Waals surface area contributed by atoms with E-state index in [1.807, 2.05) is 38.6 Å². The number of sulfonamides is 1. The lowest BCUT2D eigenvalue weighted by molar-refractivity contribution is -0.143. The molecule has 5 rings (SSSR count). The zero-order chi connectivity index (χ0) is 66.8. The number of aromatic nitrogens is 3. The molecular formula is C61H92N14O15S. The van der Waals surface area contributed by atoms with Gasteiger partial charge in [0.1, 0.15) is 29.4 Å². The van der Waals surface area contributed by atoms with Gasteiger partial charge in [0.25, 0.3) is 5.91 Å². The number of nitrogens with zero attached hydrogens (tertiary/aromatic N) is 7. The van der Waals surface area contributed by atoms with E-state index in [9.17, 15) is 51.6 Å². The van der Waals surface area contributed by atoms with Gasteiger partial charge in [-0.1, -0.05) is 26.8 Å². The second-order valence-electron chi connectivity index (χ2n) is 22.3. The van der Waals surface area contributed by atoms with Gasteiger partial charge in [0.2, 0.25) is 45.0 Å². The molecule has 1 aliphatic heterocycles. The van der Waals surface area contributed by atoms with E-state index in [0.29, 0.717) is 76.1 Å². The lowest BCUT2D eigenvalue weighted by Crippen LogP contribution is -2.55. The molecule has 4 aromatic rings. The van der Waals surface area contributed by atoms with Crippen molar-refractivity contribution in [2.24, 2.45) is 14.1 Å². The molecule has 1 saturated heterocycles. The average Bonchev–Trinajstić information content (AvgIpc) is 1.05. The van der Waals surface area contributed by atoms with Crippen molar-refractivity contribution in [3.8, 4) is 5.75 Å². The molecule has 0 radical (unpaired) electrons. The molecule has 0 bridgehead atoms. The maximum absolute atomic E-state index is 13.9. The fourth-order valence-electron chi connectivity index (χ4n) is 10.3. The van der Waals surface area contributed by atoms with E-state index in [2.05, 4.69) is 53.4 Å². The van der Waals surface area contributed by atoms with Crippen LogP contribution >= 0.6 is 0 Å². The number of rotatable bonds is 32. The quantitative estimate of drug-likeness (QED) is 0.0191. The summed E-state index contributed by atoms with van der Waals surface area (Å²) in [5, 5.41) is 17.1. The molecule has 7 N–H and O–H groups in total. The molecule has 30 heteroatoms. The lowest BCUT2D eigenvalue weighted by Gasteiger charge is -2.33. The number of ether oxygens (including phenoxy) is 4. The van der Waals surface area contributed by atoms with Gasteiger partial charge in [-0.25, -0.2) is 13.4 Å². The van der Waals surface area contributed by atoms with Crippen molar-refractivity contribution in [1.82, 2.24) is 65.0 Å². The predicted molar refractivity (Wildman–Crippen MR) is 339 cm³/mol. The van der Waals surface area contributed by atoms with Gasteiger partial charge >= 0.3 is 17.9 Å². The van der Waals surface area contributed by atoms with Crippen LogP contribution in [0.5, 0.6) is 5.75 Å². The van der Waals surface area contributed by atoms with E-state index in [1.54, 1.807) is 57.6 Å². The van der Waals surface area contributed by atoms with E-state index in [1.165, 1.54) is 32.5 Å². The molecule has 3 atom stereocenters. The van der Waals surface area contributed by atoms with E-state index >= 15 is 0 Å². The summed E-state index contributed by atoms with van der Waals surface area (Å²) in [7, 11) is 2.85. The Kier molecular flexibility index (Phi) is 29.7. The second kappa shape index (κ2) is 36.7. The highest BCUT2D eigenvalue weighted by Gasteiger charge is 2.31. The summed E-state index contributed by atoms with van der Waals surface area (Å²) in [6.45, 7) is 14.0. The number of amides is 5. The average molecular weight is 1290 g/mol. The van der Waals surface area contributed by atoms with Crippen LogP contribution in [0.3, 0.4) is 0 Å². The first-order chi connectivity index (χ1) is 43.4. The Morgan fingerprint density at radius 1 is 0.670 bits per heavy atom. The van der Waals surface area contributed by atoms with Crippen molar-refractivity contribution in [2.75, 3.05) is 131 Å². The summed E-state index contributed by atoms with van der Waals surface area (Å²) in [6.07, 6.45) is 6.60. The van der Waals surface area contributed by atoms with E-state index < -0.39 is 69.8 Å². The number of aryl methyl sites for hydroxylation is 4. The first-order valence-electron chi connectivity index (χ1n) is 30.6. The van der Waals surface area contributed by atoms with Crippen molar-refractivity contribution in [3.05, 3.63) is 81.4 Å². The number of fused-ring (bicyclic) bond motifs is 1. The minimum absolute atomic E-state index is 0.0200. The van der Waals surface area contributed by atoms with Crippen molar-refractivity contribution < 1.29 is 65.7 Å². The minimum Gasteiger partial charge on any atom is -0.494 e. The number of carbonyl (C=O) groups is 8. The molecular weight excluding hydrogens is 1200 g/mol. The van der Waals surface area contributed by atoms with Crippen LogP contribution in [0, 0.1) is 13.8 Å². The van der Waals surface area contributed by atoms with Gasteiger partial charge in [-0.05, 0) is 87.0 Å². The normalized spacial score (nSPS) is 15.0. The Hall–Kier alpha value is -8.03. The molecule has 0 saturated carbocycles. The fourth-order valence-corrected chi connectivity index (χ4v) is 12.0. The van der Waals surface area contributed by atoms with Gasteiger partial charge in [-0.15, -0.1) is 0 Å². The minimum atomic E-state index is -4.43. The van der Waals surface area contributed by atoms with Crippen molar-refractivity contribution >= 4 is 74.3 Å². The Balaban J connectivity index is 1.05. The highest BCUT2D eigenvalue weighted by molar-refractivity contribution is 7.89. The topological polar surface area (TPSA) is 345 Å². The van der Waals surface area contributed by atoms with Gasteiger partial charge in [0.15, 0.2) is 0 Å². The number of hydrogen-bond donors (Lipinski definition) is 7. The van der Waals surface area contributed by atoms with Crippen LogP contribution in [0.15, 0.2) is 58.6 Å². The fraction of sp³-hybridized carbons (Fsp3) is 0.574. The summed E-state index contributed by atoms with van der Waals surface area (Å²) in [5.41, 5.74) is 1.21. The molecule has 1 fully saturated rings. The second-order valence-corrected chi connectivity index (χ2v) is 23.9. The van der Waals surface area contributed by atoms with Gasteiger partial charge in [-0.3, -0.25) is 57.9 Å². The van der Waals surface area contributed by atoms with Crippen LogP contribution in [0.1, 0.15) is 79.9 Å². The monoisotopic (exact) mass is 1290 g/mol. The van der Waals surface area contributed by atoms with Crippen molar-refractivity contribution in [3.63, 3.8) is 0 Å². The number of pyridine rings is 1. The third-order valence-corrected chi connectivity index (χ3v) is 17.2. The summed E-state index contributed by atoms with van der Waals surface area (Å²) >= 11 is 0. The zero-order valence-electron chi connectivity index (χ0n) is 54.1. The van der Waals surface area contributed by atoms with Crippen LogP contribution in [0.25, 0.3) is 10.9 Å². The molecule has 0 aliphatic carbocycles. The number of benzene rings is 2. The van der Waals surface area contributed by atoms with Crippen molar-refractivity contribution in [2.45, 2.75) is 96.3 Å². The number of anilines is 1. The van der Waals surface area contributed by atoms with Crippen molar-refractivity contribution in [1.29, 1.82) is 0 Å². The van der Waals surface area contributed by atoms with Gasteiger partial charge < -0.3 is 64.9 Å². The predicted octanol–water partition coefficient (Wildman–Crippen LogP) is -0.0906. The molecule has 2 aromatic carbocycles. The summed E-state index contributed by atoms with van der Waals surface area (Å²) in [6, 6.07) is 4.77. The molecule has 0 spiro atoms. The third kappa shape index (κ3) is 23.0. The summed E-state index contributed by atoms with van der Waals surface area (Å²) in [5.74, 6) is -3.28. The van der Waals surface area contributed by atoms with Crippen LogP contribution in [-0.2, 0) is 78.4 Å². The van der Waals surface area contributed by atoms with Crippen LogP contribution in [0.2, 0.25) is 0 Å².